The highest BCUT2D eigenvalue weighted by molar-refractivity contribution is 7.20. The fraction of sp³-hybridized carbons (Fsp3) is 0.0213. The summed E-state index contributed by atoms with van der Waals surface area (Å²) in [5.41, 5.74) is 10.5. The van der Waals surface area contributed by atoms with Crippen LogP contribution in [0.15, 0.2) is 157 Å². The van der Waals surface area contributed by atoms with Gasteiger partial charge in [0.25, 0.3) is 0 Å². The van der Waals surface area contributed by atoms with E-state index in [1.54, 1.807) is 0 Å². The molecule has 230 valence electrons. The van der Waals surface area contributed by atoms with E-state index < -0.39 is 0 Å². The van der Waals surface area contributed by atoms with Crippen molar-refractivity contribution in [3.05, 3.63) is 163 Å². The second-order valence-corrected chi connectivity index (χ2v) is 13.9. The fourth-order valence-corrected chi connectivity index (χ4v) is 9.17. The molecule has 8 aromatic carbocycles. The Morgan fingerprint density at radius 2 is 1.12 bits per heavy atom. The van der Waals surface area contributed by atoms with Gasteiger partial charge in [-0.25, -0.2) is 0 Å². The van der Waals surface area contributed by atoms with Crippen molar-refractivity contribution in [2.75, 3.05) is 0 Å². The van der Waals surface area contributed by atoms with E-state index in [-0.39, 0.29) is 0 Å². The molecule has 0 N–H and O–H groups in total. The highest BCUT2D eigenvalue weighted by Gasteiger charge is 2.21. The van der Waals surface area contributed by atoms with Crippen molar-refractivity contribution in [2.45, 2.75) is 6.92 Å². The predicted octanol–water partition coefficient (Wildman–Crippen LogP) is 14.2. The third-order valence-corrected chi connectivity index (χ3v) is 11.4. The Kier molecular flexibility index (Phi) is 6.18. The standard InChI is InChI=1S/C47H30OS/c1-3-42-46(31-25-26-39-33-16-10-11-22-41(33)48-47(39)28(31)2)40-24-23-30(27-43(40)49-42)44-35-17-6-8-19-37(35)45(38-20-9-7-18-36(38)44)34-21-12-14-29-13-4-5-15-32(29)34/h3-27H,1H2,2H3. The zero-order valence-electron chi connectivity index (χ0n) is 27.0. The molecule has 0 saturated heterocycles. The molecule has 0 aliphatic heterocycles. The van der Waals surface area contributed by atoms with Gasteiger partial charge in [0.1, 0.15) is 11.2 Å². The highest BCUT2D eigenvalue weighted by atomic mass is 32.1. The molecule has 2 heterocycles. The van der Waals surface area contributed by atoms with Gasteiger partial charge in [-0.15, -0.1) is 11.3 Å². The normalized spacial score (nSPS) is 11.9. The quantitative estimate of drug-likeness (QED) is 0.174. The number of fused-ring (bicyclic) bond motifs is 7. The van der Waals surface area contributed by atoms with Crippen LogP contribution in [0.25, 0.3) is 104 Å². The fourth-order valence-electron chi connectivity index (χ4n) is 8.06. The lowest BCUT2D eigenvalue weighted by Crippen LogP contribution is -1.91. The third-order valence-electron chi connectivity index (χ3n) is 10.2. The van der Waals surface area contributed by atoms with Crippen molar-refractivity contribution in [1.82, 2.24) is 0 Å². The van der Waals surface area contributed by atoms with Crippen LogP contribution in [-0.4, -0.2) is 0 Å². The summed E-state index contributed by atoms with van der Waals surface area (Å²) in [5.74, 6) is 0. The lowest BCUT2D eigenvalue weighted by Gasteiger charge is -2.19. The van der Waals surface area contributed by atoms with Crippen molar-refractivity contribution in [1.29, 1.82) is 0 Å². The molecular formula is C47H30OS. The van der Waals surface area contributed by atoms with E-state index in [0.29, 0.717) is 0 Å². The Morgan fingerprint density at radius 1 is 0.510 bits per heavy atom. The van der Waals surface area contributed by atoms with Crippen LogP contribution in [0.5, 0.6) is 0 Å². The van der Waals surface area contributed by atoms with E-state index in [2.05, 4.69) is 147 Å². The van der Waals surface area contributed by atoms with E-state index in [1.807, 2.05) is 29.5 Å². The molecule has 0 spiro atoms. The largest absolute Gasteiger partial charge is 0.456 e. The van der Waals surface area contributed by atoms with Crippen LogP contribution in [0.1, 0.15) is 10.4 Å². The molecule has 2 aromatic heterocycles. The van der Waals surface area contributed by atoms with Gasteiger partial charge in [-0.1, -0.05) is 140 Å². The third kappa shape index (κ3) is 4.11. The molecule has 0 atom stereocenters. The van der Waals surface area contributed by atoms with Crippen molar-refractivity contribution < 1.29 is 4.42 Å². The predicted molar refractivity (Wildman–Crippen MR) is 213 cm³/mol. The minimum Gasteiger partial charge on any atom is -0.456 e. The van der Waals surface area contributed by atoms with E-state index in [4.69, 9.17) is 4.42 Å². The van der Waals surface area contributed by atoms with E-state index in [1.165, 1.54) is 80.7 Å². The lowest BCUT2D eigenvalue weighted by molar-refractivity contribution is 0.666. The van der Waals surface area contributed by atoms with Gasteiger partial charge >= 0.3 is 0 Å². The number of aryl methyl sites for hydroxylation is 1. The number of furan rings is 1. The van der Waals surface area contributed by atoms with Crippen LogP contribution in [0, 0.1) is 6.92 Å². The molecule has 0 bridgehead atoms. The molecule has 0 radical (unpaired) electrons. The van der Waals surface area contributed by atoms with Gasteiger partial charge in [0, 0.05) is 36.9 Å². The number of para-hydroxylation sites is 1. The van der Waals surface area contributed by atoms with E-state index in [0.717, 1.165) is 27.5 Å². The van der Waals surface area contributed by atoms with Crippen LogP contribution in [0.4, 0.5) is 0 Å². The maximum Gasteiger partial charge on any atom is 0.138 e. The Hall–Kier alpha value is -5.96. The molecule has 0 fully saturated rings. The molecule has 1 nitrogen and oxygen atoms in total. The van der Waals surface area contributed by atoms with Gasteiger partial charge in [0.2, 0.25) is 0 Å². The zero-order valence-corrected chi connectivity index (χ0v) is 27.8. The second kappa shape index (κ2) is 10.8. The first-order valence-corrected chi connectivity index (χ1v) is 17.5. The summed E-state index contributed by atoms with van der Waals surface area (Å²) in [6.45, 7) is 6.43. The van der Waals surface area contributed by atoms with Crippen LogP contribution >= 0.6 is 11.3 Å². The van der Waals surface area contributed by atoms with Gasteiger partial charge in [-0.3, -0.25) is 0 Å². The topological polar surface area (TPSA) is 13.1 Å². The first kappa shape index (κ1) is 28.1. The highest BCUT2D eigenvalue weighted by Crippen LogP contribution is 2.48. The summed E-state index contributed by atoms with van der Waals surface area (Å²) >= 11 is 1.81. The van der Waals surface area contributed by atoms with Crippen LogP contribution in [0.2, 0.25) is 0 Å². The number of hydrogen-bond donors (Lipinski definition) is 0. The molecule has 10 aromatic rings. The molecule has 0 saturated carbocycles. The number of benzene rings is 8. The van der Waals surface area contributed by atoms with Crippen molar-refractivity contribution >= 4 is 81.8 Å². The maximum absolute atomic E-state index is 6.41. The minimum absolute atomic E-state index is 0.924. The number of rotatable bonds is 4. The molecule has 0 aliphatic carbocycles. The Bertz CT molecular complexity index is 2910. The summed E-state index contributed by atoms with van der Waals surface area (Å²) in [6.07, 6.45) is 2.01. The maximum atomic E-state index is 6.41. The Morgan fingerprint density at radius 3 is 1.86 bits per heavy atom. The van der Waals surface area contributed by atoms with Crippen molar-refractivity contribution in [3.8, 4) is 33.4 Å². The summed E-state index contributed by atoms with van der Waals surface area (Å²) < 4.78 is 7.66. The van der Waals surface area contributed by atoms with Crippen molar-refractivity contribution in [3.63, 3.8) is 0 Å². The molecule has 0 unspecified atom stereocenters. The van der Waals surface area contributed by atoms with E-state index >= 15 is 0 Å². The van der Waals surface area contributed by atoms with Crippen molar-refractivity contribution in [2.24, 2.45) is 0 Å². The number of hydrogen-bond acceptors (Lipinski definition) is 2. The van der Waals surface area contributed by atoms with Gasteiger partial charge in [-0.2, -0.15) is 0 Å². The smallest absolute Gasteiger partial charge is 0.138 e. The summed E-state index contributed by atoms with van der Waals surface area (Å²) in [5, 5.41) is 11.1. The van der Waals surface area contributed by atoms with Gasteiger partial charge in [0.15, 0.2) is 0 Å². The first-order chi connectivity index (χ1) is 24.2. The van der Waals surface area contributed by atoms with Gasteiger partial charge < -0.3 is 4.42 Å². The molecule has 49 heavy (non-hydrogen) atoms. The monoisotopic (exact) mass is 642 g/mol. The molecule has 0 amide bonds. The second-order valence-electron chi connectivity index (χ2n) is 12.8. The summed E-state index contributed by atoms with van der Waals surface area (Å²) in [7, 11) is 0. The van der Waals surface area contributed by atoms with Crippen LogP contribution in [0.3, 0.4) is 0 Å². The molecular weight excluding hydrogens is 613 g/mol. The minimum atomic E-state index is 0.924. The summed E-state index contributed by atoms with van der Waals surface area (Å²) in [6, 6.07) is 53.0. The summed E-state index contributed by atoms with van der Waals surface area (Å²) in [4.78, 5) is 1.17. The lowest BCUT2D eigenvalue weighted by atomic mass is 9.84. The van der Waals surface area contributed by atoms with E-state index in [9.17, 15) is 0 Å². The van der Waals surface area contributed by atoms with Crippen LogP contribution < -0.4 is 0 Å². The molecule has 2 heteroatoms. The van der Waals surface area contributed by atoms with Gasteiger partial charge in [0.05, 0.1) is 0 Å². The Balaban J connectivity index is 1.22. The average molecular weight is 643 g/mol. The SMILES string of the molecule is C=Cc1sc2cc(-c3c4ccccc4c(-c4cccc5ccccc45)c4ccccc34)ccc2c1-c1ccc2c(oc3ccccc32)c1C. The zero-order chi connectivity index (χ0) is 32.6. The molecule has 10 rings (SSSR count). The van der Waals surface area contributed by atoms with Gasteiger partial charge in [-0.05, 0) is 85.3 Å². The first-order valence-electron chi connectivity index (χ1n) is 16.7. The van der Waals surface area contributed by atoms with Crippen LogP contribution in [-0.2, 0) is 0 Å². The molecule has 0 aliphatic rings. The number of thiophene rings is 1. The Labute approximate surface area is 288 Å². The average Bonchev–Trinajstić information content (AvgIpc) is 3.72.